The Morgan fingerprint density at radius 3 is 2.90 bits per heavy atom. The predicted octanol–water partition coefficient (Wildman–Crippen LogP) is 2.96. The quantitative estimate of drug-likeness (QED) is 0.800. The Hall–Kier alpha value is -2.57. The van der Waals surface area contributed by atoms with Crippen molar-refractivity contribution in [1.29, 1.82) is 0 Å². The number of amides is 2. The van der Waals surface area contributed by atoms with Crippen LogP contribution in [-0.4, -0.2) is 53.3 Å². The average Bonchev–Trinajstić information content (AvgIpc) is 3.09. The number of guanidine groups is 1. The summed E-state index contributed by atoms with van der Waals surface area (Å²) in [5, 5.41) is 2.77. The van der Waals surface area contributed by atoms with Crippen molar-refractivity contribution in [3.8, 4) is 5.75 Å². The Balaban J connectivity index is 1.29. The van der Waals surface area contributed by atoms with E-state index in [-0.39, 0.29) is 17.9 Å². The summed E-state index contributed by atoms with van der Waals surface area (Å²) in [7, 11) is 1.94. The van der Waals surface area contributed by atoms with Gasteiger partial charge in [-0.3, -0.25) is 14.9 Å². The molecule has 0 aromatic heterocycles. The number of fused-ring (bicyclic) bond motifs is 2. The largest absolute Gasteiger partial charge is 0.491 e. The van der Waals surface area contributed by atoms with Gasteiger partial charge in [0.25, 0.3) is 0 Å². The first-order valence-corrected chi connectivity index (χ1v) is 10.7. The topological polar surface area (TPSA) is 74.2 Å². The zero-order valence-corrected chi connectivity index (χ0v) is 17.3. The molecular weight excluding hydrogens is 368 g/mol. The number of rotatable bonds is 6. The Morgan fingerprint density at radius 1 is 1.31 bits per heavy atom. The van der Waals surface area contributed by atoms with Gasteiger partial charge < -0.3 is 14.5 Å². The van der Waals surface area contributed by atoms with Gasteiger partial charge in [-0.1, -0.05) is 19.3 Å². The molecule has 2 heterocycles. The summed E-state index contributed by atoms with van der Waals surface area (Å²) >= 11 is 0. The third-order valence-corrected chi connectivity index (χ3v) is 6.14. The zero-order valence-electron chi connectivity index (χ0n) is 17.3. The number of benzene rings is 1. The fourth-order valence-electron chi connectivity index (χ4n) is 4.38. The van der Waals surface area contributed by atoms with Crippen molar-refractivity contribution >= 4 is 23.5 Å². The molecule has 1 aromatic carbocycles. The van der Waals surface area contributed by atoms with Gasteiger partial charge in [-0.25, -0.2) is 4.99 Å². The minimum Gasteiger partial charge on any atom is -0.491 e. The molecule has 29 heavy (non-hydrogen) atoms. The summed E-state index contributed by atoms with van der Waals surface area (Å²) in [5.74, 6) is 1.60. The minimum atomic E-state index is -0.0468. The Bertz CT molecular complexity index is 816. The highest BCUT2D eigenvalue weighted by atomic mass is 16.5. The summed E-state index contributed by atoms with van der Waals surface area (Å²) in [6.45, 7) is 2.99. The molecule has 156 valence electrons. The van der Waals surface area contributed by atoms with Crippen molar-refractivity contribution in [2.24, 2.45) is 4.99 Å². The molecule has 0 bridgehead atoms. The third-order valence-electron chi connectivity index (χ3n) is 6.14. The summed E-state index contributed by atoms with van der Waals surface area (Å²) in [6, 6.07) is 6.23. The van der Waals surface area contributed by atoms with Crippen molar-refractivity contribution in [1.82, 2.24) is 15.1 Å². The van der Waals surface area contributed by atoms with E-state index in [2.05, 4.69) is 10.3 Å². The monoisotopic (exact) mass is 398 g/mol. The maximum Gasteiger partial charge on any atom is 0.246 e. The van der Waals surface area contributed by atoms with Gasteiger partial charge in [0, 0.05) is 31.6 Å². The summed E-state index contributed by atoms with van der Waals surface area (Å²) in [5.41, 5.74) is 1.91. The van der Waals surface area contributed by atoms with E-state index in [1.807, 2.05) is 42.0 Å². The van der Waals surface area contributed by atoms with Crippen LogP contribution < -0.4 is 10.1 Å². The number of hydrogen-bond donors (Lipinski definition) is 1. The molecule has 2 aliphatic heterocycles. The molecule has 1 saturated heterocycles. The van der Waals surface area contributed by atoms with Gasteiger partial charge in [0.15, 0.2) is 0 Å². The van der Waals surface area contributed by atoms with Gasteiger partial charge in [-0.2, -0.15) is 0 Å². The van der Waals surface area contributed by atoms with E-state index >= 15 is 0 Å². The van der Waals surface area contributed by atoms with Crippen LogP contribution in [-0.2, 0) is 16.1 Å². The molecule has 1 saturated carbocycles. The summed E-state index contributed by atoms with van der Waals surface area (Å²) in [6.07, 6.45) is 7.17. The molecule has 0 spiro atoms. The molecule has 0 radical (unpaired) electrons. The molecule has 4 rings (SSSR count). The van der Waals surface area contributed by atoms with Gasteiger partial charge >= 0.3 is 0 Å². The van der Waals surface area contributed by atoms with E-state index in [1.54, 1.807) is 0 Å². The van der Waals surface area contributed by atoms with E-state index in [1.165, 1.54) is 19.3 Å². The van der Waals surface area contributed by atoms with E-state index in [0.29, 0.717) is 37.9 Å². The summed E-state index contributed by atoms with van der Waals surface area (Å²) in [4.78, 5) is 32.5. The van der Waals surface area contributed by atoms with E-state index in [4.69, 9.17) is 4.74 Å². The molecule has 1 N–H and O–H groups in total. The molecule has 7 heteroatoms. The number of aliphatic imine (C=N–C) groups is 1. The first-order valence-electron chi connectivity index (χ1n) is 10.7. The van der Waals surface area contributed by atoms with Crippen LogP contribution in [0.5, 0.6) is 5.75 Å². The lowest BCUT2D eigenvalue weighted by atomic mass is 9.94. The fraction of sp³-hybridized carbons (Fsp3) is 0.591. The lowest BCUT2D eigenvalue weighted by Crippen LogP contribution is -2.38. The molecule has 1 aliphatic carbocycles. The van der Waals surface area contributed by atoms with Crippen molar-refractivity contribution in [2.75, 3.05) is 13.6 Å². The third kappa shape index (κ3) is 4.54. The van der Waals surface area contributed by atoms with Crippen LogP contribution in [0.4, 0.5) is 5.69 Å². The van der Waals surface area contributed by atoms with Gasteiger partial charge in [-0.15, -0.1) is 0 Å². The minimum absolute atomic E-state index is 0.0236. The average molecular weight is 399 g/mol. The second-order valence-corrected chi connectivity index (χ2v) is 8.39. The number of carbonyl (C=O) groups excluding carboxylic acids is 2. The highest BCUT2D eigenvalue weighted by molar-refractivity contribution is 6.05. The van der Waals surface area contributed by atoms with Crippen LogP contribution in [0.25, 0.3) is 0 Å². The van der Waals surface area contributed by atoms with E-state index < -0.39 is 0 Å². The number of carbonyl (C=O) groups is 2. The predicted molar refractivity (Wildman–Crippen MR) is 111 cm³/mol. The van der Waals surface area contributed by atoms with Gasteiger partial charge in [-0.05, 0) is 44.4 Å². The molecule has 2 amide bonds. The van der Waals surface area contributed by atoms with Crippen molar-refractivity contribution in [2.45, 2.75) is 70.6 Å². The zero-order chi connectivity index (χ0) is 20.4. The van der Waals surface area contributed by atoms with Crippen molar-refractivity contribution < 1.29 is 14.3 Å². The number of ether oxygens (including phenoxy) is 1. The molecule has 1 unspecified atom stereocenters. The first-order chi connectivity index (χ1) is 14.0. The van der Waals surface area contributed by atoms with Gasteiger partial charge in [0.2, 0.25) is 17.8 Å². The summed E-state index contributed by atoms with van der Waals surface area (Å²) < 4.78 is 6.07. The van der Waals surface area contributed by atoms with E-state index in [9.17, 15) is 9.59 Å². The van der Waals surface area contributed by atoms with Gasteiger partial charge in [0.05, 0.1) is 11.8 Å². The lowest BCUT2D eigenvalue weighted by molar-refractivity contribution is -0.133. The lowest BCUT2D eigenvalue weighted by Gasteiger charge is -2.31. The Labute approximate surface area is 172 Å². The molecule has 3 aliphatic rings. The number of hydrogen-bond acceptors (Lipinski definition) is 5. The number of nitrogens with zero attached hydrogens (tertiary/aromatic N) is 3. The van der Waals surface area contributed by atoms with Crippen LogP contribution >= 0.6 is 0 Å². The molecular formula is C22H30N4O3. The SMILES string of the molecule is CC(CCC(=O)N(C)C1CCCCC1)Oc1ccc2c(c1)CN1CC(=O)NC1=N2. The first kappa shape index (κ1) is 19.7. The molecule has 7 nitrogen and oxygen atoms in total. The van der Waals surface area contributed by atoms with Crippen LogP contribution in [0, 0.1) is 0 Å². The van der Waals surface area contributed by atoms with Gasteiger partial charge in [0.1, 0.15) is 12.3 Å². The molecule has 2 fully saturated rings. The fourth-order valence-corrected chi connectivity index (χ4v) is 4.38. The Morgan fingerprint density at radius 2 is 2.10 bits per heavy atom. The standard InChI is InChI=1S/C22H30N4O3/c1-15(8-11-21(28)25(2)17-6-4-3-5-7-17)29-18-9-10-19-16(12-18)13-26-14-20(27)24-22(26)23-19/h9-10,12,15,17H,3-8,11,13-14H2,1-2H3,(H,23,24,27). The molecule has 1 atom stereocenters. The van der Waals surface area contributed by atoms with Crippen LogP contribution in [0.1, 0.15) is 57.4 Å². The van der Waals surface area contributed by atoms with Crippen molar-refractivity contribution in [3.05, 3.63) is 23.8 Å². The highest BCUT2D eigenvalue weighted by Gasteiger charge is 2.29. The highest BCUT2D eigenvalue weighted by Crippen LogP contribution is 2.31. The van der Waals surface area contributed by atoms with Crippen LogP contribution in [0.15, 0.2) is 23.2 Å². The smallest absolute Gasteiger partial charge is 0.246 e. The van der Waals surface area contributed by atoms with E-state index in [0.717, 1.165) is 29.8 Å². The normalized spacial score (nSPS) is 19.7. The second-order valence-electron chi connectivity index (χ2n) is 8.39. The van der Waals surface area contributed by atoms with Crippen LogP contribution in [0.2, 0.25) is 0 Å². The maximum absolute atomic E-state index is 12.5. The number of nitrogens with one attached hydrogen (secondary N) is 1. The maximum atomic E-state index is 12.5. The van der Waals surface area contributed by atoms with Crippen molar-refractivity contribution in [3.63, 3.8) is 0 Å². The Kier molecular flexibility index (Phi) is 5.74. The second kappa shape index (κ2) is 8.43. The molecule has 1 aromatic rings. The van der Waals surface area contributed by atoms with Crippen LogP contribution in [0.3, 0.4) is 0 Å².